The number of aryl methyl sites for hydroxylation is 1. The molecule has 0 N–H and O–H groups in total. The summed E-state index contributed by atoms with van der Waals surface area (Å²) in [4.78, 5) is 0. The molecule has 0 spiro atoms. The molecular formula is C11H20N2OS. The number of aromatic nitrogens is 2. The van der Waals surface area contributed by atoms with E-state index in [0.29, 0.717) is 11.8 Å². The predicted molar refractivity (Wildman–Crippen MR) is 65.6 cm³/mol. The van der Waals surface area contributed by atoms with E-state index < -0.39 is 0 Å². The van der Waals surface area contributed by atoms with Gasteiger partial charge in [-0.05, 0) is 18.6 Å². The molecule has 1 aromatic heterocycles. The van der Waals surface area contributed by atoms with Crippen LogP contribution in [0.25, 0.3) is 0 Å². The summed E-state index contributed by atoms with van der Waals surface area (Å²) in [6.07, 6.45) is 3.69. The first-order chi connectivity index (χ1) is 7.17. The molecule has 0 aliphatic rings. The molecule has 0 aliphatic heterocycles. The molecule has 0 amide bonds. The third-order valence-corrected chi connectivity index (χ3v) is 3.04. The lowest BCUT2D eigenvalue weighted by molar-refractivity contribution is 0.227. The molecule has 0 saturated carbocycles. The van der Waals surface area contributed by atoms with Crippen molar-refractivity contribution in [2.75, 3.05) is 12.4 Å². The van der Waals surface area contributed by atoms with Gasteiger partial charge in [0.25, 0.3) is 0 Å². The molecule has 0 bridgehead atoms. The molecule has 0 saturated heterocycles. The first kappa shape index (κ1) is 12.4. The number of hydrogen-bond donors (Lipinski definition) is 1. The summed E-state index contributed by atoms with van der Waals surface area (Å²) in [6.45, 7) is 8.04. The van der Waals surface area contributed by atoms with E-state index in [1.54, 1.807) is 6.20 Å². The summed E-state index contributed by atoms with van der Waals surface area (Å²) in [5, 5.41) is 4.16. The van der Waals surface area contributed by atoms with Gasteiger partial charge < -0.3 is 4.74 Å². The van der Waals surface area contributed by atoms with Crippen LogP contribution in [0, 0.1) is 11.8 Å². The van der Waals surface area contributed by atoms with Crippen LogP contribution in [0.5, 0.6) is 5.75 Å². The van der Waals surface area contributed by atoms with Crippen molar-refractivity contribution < 1.29 is 4.74 Å². The van der Waals surface area contributed by atoms with E-state index in [0.717, 1.165) is 24.7 Å². The molecule has 15 heavy (non-hydrogen) atoms. The molecule has 86 valence electrons. The summed E-state index contributed by atoms with van der Waals surface area (Å²) >= 11 is 4.32. The Balaban J connectivity index is 2.41. The van der Waals surface area contributed by atoms with Crippen LogP contribution in [-0.2, 0) is 6.54 Å². The highest BCUT2D eigenvalue weighted by Crippen LogP contribution is 2.15. The van der Waals surface area contributed by atoms with Crippen LogP contribution in [0.1, 0.15) is 20.8 Å². The molecule has 1 unspecified atom stereocenters. The average molecular weight is 228 g/mol. The van der Waals surface area contributed by atoms with Gasteiger partial charge in [0.1, 0.15) is 0 Å². The molecule has 1 atom stereocenters. The average Bonchev–Trinajstić information content (AvgIpc) is 2.66. The fourth-order valence-electron chi connectivity index (χ4n) is 1.25. The topological polar surface area (TPSA) is 27.1 Å². The van der Waals surface area contributed by atoms with Crippen LogP contribution in [0.2, 0.25) is 0 Å². The first-order valence-corrected chi connectivity index (χ1v) is 6.06. The van der Waals surface area contributed by atoms with Crippen LogP contribution in [-0.4, -0.2) is 22.1 Å². The van der Waals surface area contributed by atoms with E-state index in [-0.39, 0.29) is 0 Å². The quantitative estimate of drug-likeness (QED) is 0.757. The van der Waals surface area contributed by atoms with Crippen LogP contribution in [0.15, 0.2) is 12.4 Å². The number of ether oxygens (including phenoxy) is 1. The Morgan fingerprint density at radius 2 is 2.27 bits per heavy atom. The lowest BCUT2D eigenvalue weighted by Gasteiger charge is -2.18. The number of rotatable bonds is 6. The van der Waals surface area contributed by atoms with Gasteiger partial charge in [-0.25, -0.2) is 0 Å². The second-order valence-corrected chi connectivity index (χ2v) is 4.39. The highest BCUT2D eigenvalue weighted by molar-refractivity contribution is 7.80. The minimum absolute atomic E-state index is 0.498. The van der Waals surface area contributed by atoms with Gasteiger partial charge in [0.2, 0.25) is 0 Å². The van der Waals surface area contributed by atoms with Crippen molar-refractivity contribution in [1.29, 1.82) is 0 Å². The molecule has 1 heterocycles. The normalized spacial score (nSPS) is 13.1. The largest absolute Gasteiger partial charge is 0.490 e. The zero-order valence-electron chi connectivity index (χ0n) is 9.68. The maximum Gasteiger partial charge on any atom is 0.157 e. The van der Waals surface area contributed by atoms with Crippen molar-refractivity contribution in [2.24, 2.45) is 11.8 Å². The van der Waals surface area contributed by atoms with Gasteiger partial charge in [-0.1, -0.05) is 13.8 Å². The van der Waals surface area contributed by atoms with Gasteiger partial charge in [-0.2, -0.15) is 17.7 Å². The standard InChI is InChI=1S/C11H20N2OS/c1-4-13-6-11(5-12-13)14-7-10(8-15)9(2)3/h5-6,9-10,15H,4,7-8H2,1-3H3. The van der Waals surface area contributed by atoms with E-state index >= 15 is 0 Å². The second-order valence-electron chi connectivity index (χ2n) is 4.03. The molecule has 4 heteroatoms. The lowest BCUT2D eigenvalue weighted by atomic mass is 9.99. The van der Waals surface area contributed by atoms with Crippen LogP contribution in [0.4, 0.5) is 0 Å². The molecule has 0 aliphatic carbocycles. The minimum Gasteiger partial charge on any atom is -0.490 e. The zero-order chi connectivity index (χ0) is 11.3. The van der Waals surface area contributed by atoms with Gasteiger partial charge in [-0.3, -0.25) is 4.68 Å². The second kappa shape index (κ2) is 6.05. The minimum atomic E-state index is 0.498. The fraction of sp³-hybridized carbons (Fsp3) is 0.727. The Hall–Kier alpha value is -0.640. The summed E-state index contributed by atoms with van der Waals surface area (Å²) in [7, 11) is 0. The summed E-state index contributed by atoms with van der Waals surface area (Å²) in [6, 6.07) is 0. The van der Waals surface area contributed by atoms with Gasteiger partial charge >= 0.3 is 0 Å². The summed E-state index contributed by atoms with van der Waals surface area (Å²) in [5.74, 6) is 2.81. The maximum atomic E-state index is 5.67. The van der Waals surface area contributed by atoms with Crippen LogP contribution >= 0.6 is 12.6 Å². The Morgan fingerprint density at radius 3 is 2.73 bits per heavy atom. The molecule has 1 aromatic rings. The molecule has 0 radical (unpaired) electrons. The number of hydrogen-bond acceptors (Lipinski definition) is 3. The van der Waals surface area contributed by atoms with Crippen molar-refractivity contribution in [3.63, 3.8) is 0 Å². The van der Waals surface area contributed by atoms with E-state index in [1.165, 1.54) is 0 Å². The van der Waals surface area contributed by atoms with E-state index in [1.807, 2.05) is 10.9 Å². The molecule has 1 rings (SSSR count). The van der Waals surface area contributed by atoms with Gasteiger partial charge in [0, 0.05) is 12.5 Å². The van der Waals surface area contributed by atoms with Crippen molar-refractivity contribution in [3.05, 3.63) is 12.4 Å². The highest BCUT2D eigenvalue weighted by Gasteiger charge is 2.12. The monoisotopic (exact) mass is 228 g/mol. The Bertz CT molecular complexity index is 286. The van der Waals surface area contributed by atoms with Crippen molar-refractivity contribution in [1.82, 2.24) is 9.78 Å². The number of thiol groups is 1. The van der Waals surface area contributed by atoms with Gasteiger partial charge in [-0.15, -0.1) is 0 Å². The SMILES string of the molecule is CCn1cc(OCC(CS)C(C)C)cn1. The third kappa shape index (κ3) is 3.78. The first-order valence-electron chi connectivity index (χ1n) is 5.43. The highest BCUT2D eigenvalue weighted by atomic mass is 32.1. The molecule has 3 nitrogen and oxygen atoms in total. The van der Waals surface area contributed by atoms with E-state index in [9.17, 15) is 0 Å². The van der Waals surface area contributed by atoms with E-state index in [4.69, 9.17) is 4.74 Å². The van der Waals surface area contributed by atoms with Crippen LogP contribution in [0.3, 0.4) is 0 Å². The van der Waals surface area contributed by atoms with Crippen molar-refractivity contribution >= 4 is 12.6 Å². The van der Waals surface area contributed by atoms with E-state index in [2.05, 4.69) is 38.5 Å². The third-order valence-electron chi connectivity index (χ3n) is 2.57. The maximum absolute atomic E-state index is 5.67. The Kier molecular flexibility index (Phi) is 5.02. The van der Waals surface area contributed by atoms with Crippen molar-refractivity contribution in [3.8, 4) is 5.75 Å². The van der Waals surface area contributed by atoms with Gasteiger partial charge in [0.15, 0.2) is 5.75 Å². The summed E-state index contributed by atoms with van der Waals surface area (Å²) in [5.41, 5.74) is 0. The predicted octanol–water partition coefficient (Wildman–Crippen LogP) is 2.48. The Labute approximate surface area is 97.2 Å². The molecule has 0 aromatic carbocycles. The molecular weight excluding hydrogens is 208 g/mol. The Morgan fingerprint density at radius 1 is 1.53 bits per heavy atom. The zero-order valence-corrected chi connectivity index (χ0v) is 10.6. The lowest BCUT2D eigenvalue weighted by Crippen LogP contribution is -2.19. The van der Waals surface area contributed by atoms with Crippen molar-refractivity contribution in [2.45, 2.75) is 27.3 Å². The fourth-order valence-corrected chi connectivity index (χ4v) is 1.78. The number of nitrogens with zero attached hydrogens (tertiary/aromatic N) is 2. The van der Waals surface area contributed by atoms with Crippen LogP contribution < -0.4 is 4.74 Å². The smallest absolute Gasteiger partial charge is 0.157 e. The summed E-state index contributed by atoms with van der Waals surface area (Å²) < 4.78 is 7.53. The van der Waals surface area contributed by atoms with Gasteiger partial charge in [0.05, 0.1) is 19.0 Å². The molecule has 0 fully saturated rings.